The molecule has 0 aliphatic rings. The average molecular weight is 367 g/mol. The molecule has 2 aromatic carbocycles. The summed E-state index contributed by atoms with van der Waals surface area (Å²) in [5.74, 6) is -0.0683. The van der Waals surface area contributed by atoms with Crippen LogP contribution in [0.15, 0.2) is 46.9 Å². The van der Waals surface area contributed by atoms with E-state index in [1.807, 2.05) is 56.3 Å². The van der Waals surface area contributed by atoms with Crippen molar-refractivity contribution in [2.45, 2.75) is 26.3 Å². The van der Waals surface area contributed by atoms with Gasteiger partial charge in [0.2, 0.25) is 0 Å². The van der Waals surface area contributed by atoms with Crippen molar-refractivity contribution in [1.82, 2.24) is 5.32 Å². The van der Waals surface area contributed by atoms with Crippen molar-refractivity contribution in [3.8, 4) is 0 Å². The largest absolute Gasteiger partial charge is 0.345 e. The molecule has 2 nitrogen and oxygen atoms in total. The van der Waals surface area contributed by atoms with E-state index in [0.717, 1.165) is 22.0 Å². The zero-order valence-electron chi connectivity index (χ0n) is 12.0. The van der Waals surface area contributed by atoms with Crippen molar-refractivity contribution in [3.63, 3.8) is 0 Å². The van der Waals surface area contributed by atoms with Crippen LogP contribution in [0, 0.1) is 6.92 Å². The van der Waals surface area contributed by atoms with Crippen molar-refractivity contribution in [2.75, 3.05) is 0 Å². The molecular weight excluding hydrogens is 350 g/mol. The predicted molar refractivity (Wildman–Crippen MR) is 90.8 cm³/mol. The van der Waals surface area contributed by atoms with Gasteiger partial charge in [-0.05, 0) is 54.8 Å². The second-order valence-corrected chi connectivity index (χ2v) is 6.36. The van der Waals surface area contributed by atoms with Crippen molar-refractivity contribution < 1.29 is 4.79 Å². The van der Waals surface area contributed by atoms with Crippen LogP contribution in [0.1, 0.15) is 40.9 Å². The fourth-order valence-electron chi connectivity index (χ4n) is 2.23. The van der Waals surface area contributed by atoms with E-state index in [0.29, 0.717) is 10.6 Å². The van der Waals surface area contributed by atoms with Crippen molar-refractivity contribution in [3.05, 3.63) is 68.7 Å². The Labute approximate surface area is 138 Å². The quantitative estimate of drug-likeness (QED) is 0.782. The third-order valence-corrected chi connectivity index (χ3v) is 4.00. The molecule has 2 rings (SSSR count). The SMILES string of the molecule is CCC(NC(=O)c1cc(C)cc(Br)c1)c1ccc(Cl)cc1. The molecule has 0 spiro atoms. The molecule has 0 fully saturated rings. The first-order valence-corrected chi connectivity index (χ1v) is 8.00. The molecule has 0 bridgehead atoms. The number of carbonyl (C=O) groups is 1. The number of aryl methyl sites for hydroxylation is 1. The van der Waals surface area contributed by atoms with Crippen molar-refractivity contribution in [2.24, 2.45) is 0 Å². The fraction of sp³-hybridized carbons (Fsp3) is 0.235. The summed E-state index contributed by atoms with van der Waals surface area (Å²) < 4.78 is 0.909. The summed E-state index contributed by atoms with van der Waals surface area (Å²) in [5.41, 5.74) is 2.77. The number of benzene rings is 2. The van der Waals surface area contributed by atoms with Crippen LogP contribution in [-0.4, -0.2) is 5.91 Å². The van der Waals surface area contributed by atoms with Gasteiger partial charge in [0.05, 0.1) is 6.04 Å². The van der Waals surface area contributed by atoms with Crippen LogP contribution < -0.4 is 5.32 Å². The maximum Gasteiger partial charge on any atom is 0.251 e. The lowest BCUT2D eigenvalue weighted by Gasteiger charge is -2.18. The van der Waals surface area contributed by atoms with E-state index in [1.54, 1.807) is 0 Å². The van der Waals surface area contributed by atoms with Gasteiger partial charge < -0.3 is 5.32 Å². The van der Waals surface area contributed by atoms with E-state index < -0.39 is 0 Å². The van der Waals surface area contributed by atoms with Crippen LogP contribution >= 0.6 is 27.5 Å². The molecule has 0 aromatic heterocycles. The summed E-state index contributed by atoms with van der Waals surface area (Å²) in [6.07, 6.45) is 0.820. The summed E-state index contributed by atoms with van der Waals surface area (Å²) in [4.78, 5) is 12.4. The molecule has 1 N–H and O–H groups in total. The molecule has 0 saturated heterocycles. The molecule has 2 aromatic rings. The Bertz CT molecular complexity index is 619. The molecule has 0 aliphatic carbocycles. The highest BCUT2D eigenvalue weighted by Gasteiger charge is 2.14. The zero-order valence-corrected chi connectivity index (χ0v) is 14.3. The van der Waals surface area contributed by atoms with Crippen LogP contribution in [0.4, 0.5) is 0 Å². The molecule has 1 unspecified atom stereocenters. The Morgan fingerprint density at radius 1 is 1.24 bits per heavy atom. The van der Waals surface area contributed by atoms with E-state index in [-0.39, 0.29) is 11.9 Å². The number of carbonyl (C=O) groups excluding carboxylic acids is 1. The first kappa shape index (κ1) is 16.1. The second kappa shape index (κ2) is 7.10. The lowest BCUT2D eigenvalue weighted by atomic mass is 10.0. The Kier molecular flexibility index (Phi) is 5.43. The Morgan fingerprint density at radius 3 is 2.48 bits per heavy atom. The van der Waals surface area contributed by atoms with Crippen LogP contribution in [-0.2, 0) is 0 Å². The van der Waals surface area contributed by atoms with Gasteiger partial charge in [-0.25, -0.2) is 0 Å². The van der Waals surface area contributed by atoms with E-state index in [9.17, 15) is 4.79 Å². The van der Waals surface area contributed by atoms with Gasteiger partial charge in [0.1, 0.15) is 0 Å². The molecule has 1 amide bonds. The maximum atomic E-state index is 12.4. The van der Waals surface area contributed by atoms with Gasteiger partial charge >= 0.3 is 0 Å². The van der Waals surface area contributed by atoms with Crippen molar-refractivity contribution in [1.29, 1.82) is 0 Å². The summed E-state index contributed by atoms with van der Waals surface area (Å²) in [5, 5.41) is 3.77. The van der Waals surface area contributed by atoms with Crippen LogP contribution in [0.5, 0.6) is 0 Å². The molecule has 0 heterocycles. The monoisotopic (exact) mass is 365 g/mol. The smallest absolute Gasteiger partial charge is 0.251 e. The van der Waals surface area contributed by atoms with Gasteiger partial charge in [-0.2, -0.15) is 0 Å². The minimum Gasteiger partial charge on any atom is -0.345 e. The summed E-state index contributed by atoms with van der Waals surface area (Å²) >= 11 is 9.33. The third kappa shape index (κ3) is 4.32. The molecule has 0 radical (unpaired) electrons. The molecule has 1 atom stereocenters. The lowest BCUT2D eigenvalue weighted by molar-refractivity contribution is 0.0935. The molecule has 4 heteroatoms. The van der Waals surface area contributed by atoms with E-state index in [1.165, 1.54) is 0 Å². The average Bonchev–Trinajstić information content (AvgIpc) is 2.44. The predicted octanol–water partition coefficient (Wildman–Crippen LogP) is 5.29. The van der Waals surface area contributed by atoms with E-state index in [4.69, 9.17) is 11.6 Å². The topological polar surface area (TPSA) is 29.1 Å². The van der Waals surface area contributed by atoms with Crippen LogP contribution in [0.2, 0.25) is 5.02 Å². The van der Waals surface area contributed by atoms with E-state index in [2.05, 4.69) is 21.2 Å². The lowest BCUT2D eigenvalue weighted by Crippen LogP contribution is -2.28. The molecule has 0 saturated carbocycles. The van der Waals surface area contributed by atoms with Gasteiger partial charge in [-0.15, -0.1) is 0 Å². The number of halogens is 2. The minimum absolute atomic E-state index is 0.0194. The number of nitrogens with one attached hydrogen (secondary N) is 1. The summed E-state index contributed by atoms with van der Waals surface area (Å²) in [7, 11) is 0. The molecule has 110 valence electrons. The Hall–Kier alpha value is -1.32. The minimum atomic E-state index is -0.0683. The number of rotatable bonds is 4. The van der Waals surface area contributed by atoms with Crippen LogP contribution in [0.3, 0.4) is 0 Å². The van der Waals surface area contributed by atoms with Crippen molar-refractivity contribution >= 4 is 33.4 Å². The highest BCUT2D eigenvalue weighted by atomic mass is 79.9. The third-order valence-electron chi connectivity index (χ3n) is 3.29. The van der Waals surface area contributed by atoms with Crippen LogP contribution in [0.25, 0.3) is 0 Å². The summed E-state index contributed by atoms with van der Waals surface area (Å²) in [6.45, 7) is 4.02. The zero-order chi connectivity index (χ0) is 15.4. The molecule has 21 heavy (non-hydrogen) atoms. The van der Waals surface area contributed by atoms with E-state index >= 15 is 0 Å². The first-order valence-electron chi connectivity index (χ1n) is 6.83. The highest BCUT2D eigenvalue weighted by Crippen LogP contribution is 2.21. The second-order valence-electron chi connectivity index (χ2n) is 5.00. The number of hydrogen-bond donors (Lipinski definition) is 1. The molecular formula is C17H17BrClNO. The number of hydrogen-bond acceptors (Lipinski definition) is 1. The van der Waals surface area contributed by atoms with Gasteiger partial charge in [-0.1, -0.05) is 46.6 Å². The normalized spacial score (nSPS) is 12.0. The Balaban J connectivity index is 2.18. The van der Waals surface area contributed by atoms with Gasteiger partial charge in [0.15, 0.2) is 0 Å². The van der Waals surface area contributed by atoms with Gasteiger partial charge in [0, 0.05) is 15.1 Å². The number of amides is 1. The molecule has 0 aliphatic heterocycles. The highest BCUT2D eigenvalue weighted by molar-refractivity contribution is 9.10. The van der Waals surface area contributed by atoms with Gasteiger partial charge in [0.25, 0.3) is 5.91 Å². The fourth-order valence-corrected chi connectivity index (χ4v) is 2.96. The first-order chi connectivity index (χ1) is 9.99. The van der Waals surface area contributed by atoms with Gasteiger partial charge in [-0.3, -0.25) is 4.79 Å². The Morgan fingerprint density at radius 2 is 1.90 bits per heavy atom. The summed E-state index contributed by atoms with van der Waals surface area (Å²) in [6, 6.07) is 13.3. The standard InChI is InChI=1S/C17H17BrClNO/c1-3-16(12-4-6-15(19)7-5-12)20-17(21)13-8-11(2)9-14(18)10-13/h4-10,16H,3H2,1-2H3,(H,20,21). The maximum absolute atomic E-state index is 12.4.